The molecular weight excluding hydrogens is 400 g/mol. The topological polar surface area (TPSA) is 52.6 Å². The maximum atomic E-state index is 12.7. The molecule has 0 aliphatic carbocycles. The molecule has 0 saturated carbocycles. The predicted octanol–water partition coefficient (Wildman–Crippen LogP) is 8.11. The van der Waals surface area contributed by atoms with E-state index in [4.69, 9.17) is 9.47 Å². The highest BCUT2D eigenvalue weighted by atomic mass is 16.5. The Morgan fingerprint density at radius 3 is 1.16 bits per heavy atom. The van der Waals surface area contributed by atoms with Gasteiger partial charge in [-0.1, -0.05) is 72.1 Å². The Morgan fingerprint density at radius 2 is 0.969 bits per heavy atom. The second-order valence-corrected chi connectivity index (χ2v) is 8.37. The molecule has 0 N–H and O–H groups in total. The Labute approximate surface area is 197 Å². The number of carbonyl (C=O) groups excluding carboxylic acids is 2. The van der Waals surface area contributed by atoms with Crippen molar-refractivity contribution in [1.82, 2.24) is 0 Å². The summed E-state index contributed by atoms with van der Waals surface area (Å²) in [5.41, 5.74) is -2.28. The largest absolute Gasteiger partial charge is 0.426 e. The summed E-state index contributed by atoms with van der Waals surface area (Å²) in [6.07, 6.45) is 13.0. The van der Waals surface area contributed by atoms with Crippen LogP contribution in [0.25, 0.3) is 0 Å². The van der Waals surface area contributed by atoms with Crippen molar-refractivity contribution in [2.75, 3.05) is 0 Å². The van der Waals surface area contributed by atoms with Crippen LogP contribution in [-0.2, 0) is 19.1 Å². The standard InChI is InChI=1S/C22H30O4.C4H10.C2H6/c1-9-13-17(14-10-2)25-19(23)21(5,6)22(7,8)20(24)26-18(15-11-3)16-12-4;1-4(2)3;1-2/h9-16H,1,3H2,2,4-8H3;4H,1-3H3;1-2H3/b14-10-,16-12-,17-13+,18-15+;;. The van der Waals surface area contributed by atoms with E-state index in [1.807, 2.05) is 27.7 Å². The Bertz CT molecular complexity index is 638. The summed E-state index contributed by atoms with van der Waals surface area (Å²) < 4.78 is 10.9. The van der Waals surface area contributed by atoms with Crippen LogP contribution >= 0.6 is 0 Å². The number of ether oxygens (including phenoxy) is 2. The number of rotatable bonds is 9. The molecule has 0 radical (unpaired) electrons. The van der Waals surface area contributed by atoms with Gasteiger partial charge < -0.3 is 9.47 Å². The molecule has 4 nitrogen and oxygen atoms in total. The van der Waals surface area contributed by atoms with Crippen LogP contribution in [0.4, 0.5) is 0 Å². The zero-order chi connectivity index (χ0) is 26.0. The maximum absolute atomic E-state index is 12.7. The molecule has 0 amide bonds. The summed E-state index contributed by atoms with van der Waals surface area (Å²) in [5.74, 6) is 0.466. The lowest BCUT2D eigenvalue weighted by molar-refractivity contribution is -0.170. The van der Waals surface area contributed by atoms with Crippen LogP contribution < -0.4 is 0 Å². The van der Waals surface area contributed by atoms with Gasteiger partial charge in [-0.15, -0.1) is 0 Å². The van der Waals surface area contributed by atoms with E-state index in [1.54, 1.807) is 64.2 Å². The molecule has 0 aliphatic rings. The minimum Gasteiger partial charge on any atom is -0.426 e. The van der Waals surface area contributed by atoms with Crippen molar-refractivity contribution < 1.29 is 19.1 Å². The molecule has 0 rings (SSSR count). The fourth-order valence-electron chi connectivity index (χ4n) is 1.79. The minimum atomic E-state index is -1.14. The molecule has 0 saturated heterocycles. The first-order valence-electron chi connectivity index (χ1n) is 11.2. The van der Waals surface area contributed by atoms with Gasteiger partial charge in [-0.3, -0.25) is 9.59 Å². The first-order valence-corrected chi connectivity index (χ1v) is 11.2. The monoisotopic (exact) mass is 446 g/mol. The number of hydrogen-bond acceptors (Lipinski definition) is 4. The third kappa shape index (κ3) is 12.9. The quantitative estimate of drug-likeness (QED) is 0.204. The molecule has 0 fully saturated rings. The molecule has 0 aromatic heterocycles. The van der Waals surface area contributed by atoms with Gasteiger partial charge in [0.25, 0.3) is 0 Å². The van der Waals surface area contributed by atoms with Crippen molar-refractivity contribution in [3.05, 3.63) is 73.3 Å². The normalized spacial score (nSPS) is 12.5. The fourth-order valence-corrected chi connectivity index (χ4v) is 1.79. The van der Waals surface area contributed by atoms with Gasteiger partial charge in [0.05, 0.1) is 10.8 Å². The molecule has 0 heterocycles. The van der Waals surface area contributed by atoms with E-state index < -0.39 is 22.8 Å². The van der Waals surface area contributed by atoms with Crippen LogP contribution in [0.5, 0.6) is 0 Å². The smallest absolute Gasteiger partial charge is 0.318 e. The molecule has 0 bridgehead atoms. The van der Waals surface area contributed by atoms with Gasteiger partial charge in [0.1, 0.15) is 11.5 Å². The van der Waals surface area contributed by atoms with Crippen molar-refractivity contribution in [3.8, 4) is 0 Å². The van der Waals surface area contributed by atoms with Gasteiger partial charge in [-0.05, 0) is 71.8 Å². The van der Waals surface area contributed by atoms with E-state index >= 15 is 0 Å². The van der Waals surface area contributed by atoms with Crippen LogP contribution in [0.2, 0.25) is 0 Å². The molecule has 0 aliphatic heterocycles. The Balaban J connectivity index is -0.00000125. The van der Waals surface area contributed by atoms with Crippen molar-refractivity contribution in [3.63, 3.8) is 0 Å². The zero-order valence-corrected chi connectivity index (χ0v) is 22.2. The third-order valence-electron chi connectivity index (χ3n) is 4.23. The molecule has 0 unspecified atom stereocenters. The predicted molar refractivity (Wildman–Crippen MR) is 138 cm³/mol. The Hall–Kier alpha value is -2.62. The Morgan fingerprint density at radius 1 is 0.719 bits per heavy atom. The van der Waals surface area contributed by atoms with Gasteiger partial charge in [0.15, 0.2) is 0 Å². The number of hydrogen-bond donors (Lipinski definition) is 0. The van der Waals surface area contributed by atoms with Crippen molar-refractivity contribution in [1.29, 1.82) is 0 Å². The summed E-state index contributed by atoms with van der Waals surface area (Å²) in [7, 11) is 0. The van der Waals surface area contributed by atoms with Gasteiger partial charge in [-0.25, -0.2) is 0 Å². The average Bonchev–Trinajstić information content (AvgIpc) is 2.69. The zero-order valence-electron chi connectivity index (χ0n) is 22.2. The van der Waals surface area contributed by atoms with Gasteiger partial charge in [0, 0.05) is 0 Å². The minimum absolute atomic E-state index is 0.353. The van der Waals surface area contributed by atoms with Crippen molar-refractivity contribution in [2.45, 2.75) is 76.2 Å². The van der Waals surface area contributed by atoms with E-state index in [2.05, 4.69) is 33.9 Å². The van der Waals surface area contributed by atoms with Crippen LogP contribution in [-0.4, -0.2) is 11.9 Å². The second-order valence-electron chi connectivity index (χ2n) is 8.37. The second kappa shape index (κ2) is 18.0. The summed E-state index contributed by atoms with van der Waals surface area (Å²) >= 11 is 0. The molecule has 0 aromatic carbocycles. The van der Waals surface area contributed by atoms with Crippen LogP contribution in [0, 0.1) is 16.7 Å². The fraction of sp³-hybridized carbons (Fsp3) is 0.500. The summed E-state index contributed by atoms with van der Waals surface area (Å²) in [6.45, 7) is 28.0. The van der Waals surface area contributed by atoms with E-state index in [-0.39, 0.29) is 0 Å². The summed E-state index contributed by atoms with van der Waals surface area (Å²) in [6, 6.07) is 0. The Kier molecular flexibility index (Phi) is 19.1. The molecule has 0 spiro atoms. The molecular formula is C28H46O4. The lowest BCUT2D eigenvalue weighted by Crippen LogP contribution is -2.46. The van der Waals surface area contributed by atoms with Crippen molar-refractivity contribution >= 4 is 11.9 Å². The van der Waals surface area contributed by atoms with Gasteiger partial charge >= 0.3 is 11.9 Å². The van der Waals surface area contributed by atoms with Crippen molar-refractivity contribution in [2.24, 2.45) is 16.7 Å². The molecule has 32 heavy (non-hydrogen) atoms. The number of allylic oxidation sites excluding steroid dienone is 8. The van der Waals surface area contributed by atoms with E-state index in [1.165, 1.54) is 12.2 Å². The highest BCUT2D eigenvalue weighted by molar-refractivity contribution is 5.88. The van der Waals surface area contributed by atoms with Gasteiger partial charge in [-0.2, -0.15) is 0 Å². The van der Waals surface area contributed by atoms with Crippen LogP contribution in [0.1, 0.15) is 76.2 Å². The third-order valence-corrected chi connectivity index (χ3v) is 4.23. The highest BCUT2D eigenvalue weighted by Crippen LogP contribution is 2.41. The van der Waals surface area contributed by atoms with Gasteiger partial charge in [0.2, 0.25) is 0 Å². The molecule has 0 atom stereocenters. The SMILES string of the molecule is C=C/C=C(\C=C/C)OC(=O)C(C)(C)C(C)(C)C(=O)OC(/C=C\C)=C/C=C.CC.CC(C)C. The van der Waals surface area contributed by atoms with Crippen LogP contribution in [0.15, 0.2) is 73.3 Å². The lowest BCUT2D eigenvalue weighted by atomic mass is 9.68. The van der Waals surface area contributed by atoms with Crippen LogP contribution in [0.3, 0.4) is 0 Å². The first kappa shape index (κ1) is 34.0. The summed E-state index contributed by atoms with van der Waals surface area (Å²) in [4.78, 5) is 25.5. The number of esters is 2. The molecule has 0 aromatic rings. The summed E-state index contributed by atoms with van der Waals surface area (Å²) in [5, 5.41) is 0. The molecule has 182 valence electrons. The maximum Gasteiger partial charge on any atom is 0.318 e. The lowest BCUT2D eigenvalue weighted by Gasteiger charge is -2.37. The van der Waals surface area contributed by atoms with E-state index in [0.29, 0.717) is 11.5 Å². The highest BCUT2D eigenvalue weighted by Gasteiger charge is 2.51. The first-order chi connectivity index (χ1) is 14.8. The number of carbonyl (C=O) groups is 2. The average molecular weight is 447 g/mol. The van der Waals surface area contributed by atoms with E-state index in [0.717, 1.165) is 5.92 Å². The molecule has 4 heteroatoms. The van der Waals surface area contributed by atoms with E-state index in [9.17, 15) is 9.59 Å².